The normalized spacial score (nSPS) is 14.3. The van der Waals surface area contributed by atoms with Crippen molar-refractivity contribution < 1.29 is 14.3 Å². The summed E-state index contributed by atoms with van der Waals surface area (Å²) in [6.07, 6.45) is 3.29. The first-order chi connectivity index (χ1) is 14.4. The minimum atomic E-state index is -0.0727. The van der Waals surface area contributed by atoms with E-state index in [9.17, 15) is 9.59 Å². The van der Waals surface area contributed by atoms with Gasteiger partial charge in [-0.05, 0) is 42.0 Å². The highest BCUT2D eigenvalue weighted by molar-refractivity contribution is 7.99. The number of piperazine rings is 1. The van der Waals surface area contributed by atoms with E-state index in [0.29, 0.717) is 36.2 Å². The third kappa shape index (κ3) is 5.72. The van der Waals surface area contributed by atoms with Gasteiger partial charge in [-0.2, -0.15) is 0 Å². The molecule has 0 spiro atoms. The second-order valence-electron chi connectivity index (χ2n) is 6.75. The summed E-state index contributed by atoms with van der Waals surface area (Å²) in [7, 11) is 1.61. The number of hydrogen-bond donors (Lipinski definition) is 0. The second-order valence-corrected chi connectivity index (χ2v) is 8.68. The number of amides is 2. The summed E-state index contributed by atoms with van der Waals surface area (Å²) >= 11 is 14.0. The maximum absolute atomic E-state index is 12.4. The summed E-state index contributed by atoms with van der Waals surface area (Å²) in [5, 5.41) is 1.20. The van der Waals surface area contributed by atoms with E-state index in [1.807, 2.05) is 30.3 Å². The molecule has 5 nitrogen and oxygen atoms in total. The van der Waals surface area contributed by atoms with Crippen LogP contribution in [-0.2, 0) is 9.59 Å². The average molecular weight is 465 g/mol. The van der Waals surface area contributed by atoms with Crippen LogP contribution in [0.3, 0.4) is 0 Å². The molecule has 0 saturated carbocycles. The maximum Gasteiger partial charge on any atom is 0.246 e. The van der Waals surface area contributed by atoms with Gasteiger partial charge in [0.25, 0.3) is 0 Å². The lowest BCUT2D eigenvalue weighted by Crippen LogP contribution is -2.49. The van der Waals surface area contributed by atoms with Gasteiger partial charge in [0, 0.05) is 49.1 Å². The summed E-state index contributed by atoms with van der Waals surface area (Å²) in [6.45, 7) is 3.77. The Hall–Kier alpha value is -2.15. The van der Waals surface area contributed by atoms with Crippen molar-refractivity contribution in [2.45, 2.75) is 16.7 Å². The Morgan fingerprint density at radius 1 is 1.00 bits per heavy atom. The lowest BCUT2D eigenvalue weighted by Gasteiger charge is -2.33. The van der Waals surface area contributed by atoms with Crippen molar-refractivity contribution >= 4 is 52.9 Å². The van der Waals surface area contributed by atoms with Crippen molar-refractivity contribution in [2.75, 3.05) is 33.3 Å². The third-order valence-electron chi connectivity index (χ3n) is 4.76. The highest BCUT2D eigenvalue weighted by atomic mass is 35.5. The Morgan fingerprint density at radius 2 is 1.70 bits per heavy atom. The van der Waals surface area contributed by atoms with Crippen LogP contribution in [0.2, 0.25) is 10.0 Å². The average Bonchev–Trinajstić information content (AvgIpc) is 2.74. The zero-order valence-corrected chi connectivity index (χ0v) is 19.1. The molecule has 2 amide bonds. The van der Waals surface area contributed by atoms with Gasteiger partial charge in [-0.25, -0.2) is 0 Å². The lowest BCUT2D eigenvalue weighted by molar-refractivity contribution is -0.135. The molecule has 0 bridgehead atoms. The summed E-state index contributed by atoms with van der Waals surface area (Å²) in [5.41, 5.74) is 0.832. The Balaban J connectivity index is 1.65. The molecular formula is C22H22Cl2N2O3S. The Labute approximate surface area is 190 Å². The number of methoxy groups -OCH3 is 1. The Kier molecular flexibility index (Phi) is 7.69. The molecule has 1 saturated heterocycles. The van der Waals surface area contributed by atoms with Crippen LogP contribution in [0, 0.1) is 0 Å². The van der Waals surface area contributed by atoms with E-state index in [1.165, 1.54) is 11.8 Å². The molecule has 2 aromatic carbocycles. The molecular weight excluding hydrogens is 443 g/mol. The van der Waals surface area contributed by atoms with Crippen molar-refractivity contribution in [1.29, 1.82) is 0 Å². The minimum absolute atomic E-state index is 0.0423. The second kappa shape index (κ2) is 10.2. The molecule has 0 radical (unpaired) electrons. The van der Waals surface area contributed by atoms with Gasteiger partial charge in [0.1, 0.15) is 5.75 Å². The summed E-state index contributed by atoms with van der Waals surface area (Å²) in [4.78, 5) is 29.0. The number of hydrogen-bond acceptors (Lipinski definition) is 4. The third-order valence-corrected chi connectivity index (χ3v) is 6.53. The molecule has 30 heavy (non-hydrogen) atoms. The van der Waals surface area contributed by atoms with E-state index in [4.69, 9.17) is 27.9 Å². The SMILES string of the molecule is COc1ccc(Cl)cc1Sc1ccc(/C=C/C(=O)N2CCN(C(C)=O)CC2)cc1Cl. The van der Waals surface area contributed by atoms with E-state index < -0.39 is 0 Å². The molecule has 158 valence electrons. The van der Waals surface area contributed by atoms with Crippen molar-refractivity contribution in [2.24, 2.45) is 0 Å². The molecule has 3 rings (SSSR count). The smallest absolute Gasteiger partial charge is 0.246 e. The molecule has 1 aliphatic rings. The highest BCUT2D eigenvalue weighted by Gasteiger charge is 2.20. The van der Waals surface area contributed by atoms with E-state index in [2.05, 4.69) is 0 Å². The number of rotatable bonds is 5. The van der Waals surface area contributed by atoms with Crippen LogP contribution < -0.4 is 4.74 Å². The number of carbonyl (C=O) groups excluding carboxylic acids is 2. The largest absolute Gasteiger partial charge is 0.496 e. The van der Waals surface area contributed by atoms with Gasteiger partial charge < -0.3 is 14.5 Å². The van der Waals surface area contributed by atoms with Crippen LogP contribution >= 0.6 is 35.0 Å². The van der Waals surface area contributed by atoms with Gasteiger partial charge in [0.2, 0.25) is 11.8 Å². The maximum atomic E-state index is 12.4. The predicted molar refractivity (Wildman–Crippen MR) is 121 cm³/mol. The van der Waals surface area contributed by atoms with E-state index in [-0.39, 0.29) is 11.8 Å². The fourth-order valence-corrected chi connectivity index (χ4v) is 4.58. The van der Waals surface area contributed by atoms with Crippen LogP contribution in [0.15, 0.2) is 52.3 Å². The molecule has 1 heterocycles. The fourth-order valence-electron chi connectivity index (χ4n) is 3.07. The first-order valence-corrected chi connectivity index (χ1v) is 11.0. The monoisotopic (exact) mass is 464 g/mol. The molecule has 0 aliphatic carbocycles. The molecule has 0 N–H and O–H groups in total. The van der Waals surface area contributed by atoms with Gasteiger partial charge in [0.05, 0.1) is 17.0 Å². The van der Waals surface area contributed by atoms with Crippen molar-refractivity contribution in [3.05, 3.63) is 58.1 Å². The predicted octanol–water partition coefficient (Wildman–Crippen LogP) is 4.86. The van der Waals surface area contributed by atoms with Crippen LogP contribution in [-0.4, -0.2) is 54.9 Å². The zero-order valence-electron chi connectivity index (χ0n) is 16.7. The van der Waals surface area contributed by atoms with Crippen molar-refractivity contribution in [3.8, 4) is 5.75 Å². The van der Waals surface area contributed by atoms with Gasteiger partial charge in [0.15, 0.2) is 0 Å². The van der Waals surface area contributed by atoms with Gasteiger partial charge >= 0.3 is 0 Å². The zero-order chi connectivity index (χ0) is 21.7. The fraction of sp³-hybridized carbons (Fsp3) is 0.273. The van der Waals surface area contributed by atoms with Crippen LogP contribution in [0.25, 0.3) is 6.08 Å². The molecule has 1 fully saturated rings. The summed E-state index contributed by atoms with van der Waals surface area (Å²) in [6, 6.07) is 11.1. The van der Waals surface area contributed by atoms with Gasteiger partial charge in [-0.3, -0.25) is 9.59 Å². The van der Waals surface area contributed by atoms with Crippen LogP contribution in [0.1, 0.15) is 12.5 Å². The summed E-state index contributed by atoms with van der Waals surface area (Å²) < 4.78 is 5.38. The van der Waals surface area contributed by atoms with Crippen LogP contribution in [0.5, 0.6) is 5.75 Å². The molecule has 0 atom stereocenters. The highest BCUT2D eigenvalue weighted by Crippen LogP contribution is 2.40. The standard InChI is InChI=1S/C22H22Cl2N2O3S/c1-15(27)25-9-11-26(12-10-25)22(28)8-4-16-3-7-20(18(24)13-16)30-21-14-17(23)5-6-19(21)29-2/h3-8,13-14H,9-12H2,1-2H3/b8-4+. The van der Waals surface area contributed by atoms with E-state index >= 15 is 0 Å². The topological polar surface area (TPSA) is 49.9 Å². The number of halogens is 2. The first-order valence-electron chi connectivity index (χ1n) is 9.41. The van der Waals surface area contributed by atoms with Crippen molar-refractivity contribution in [1.82, 2.24) is 9.80 Å². The molecule has 0 unspecified atom stereocenters. The molecule has 8 heteroatoms. The Morgan fingerprint density at radius 3 is 2.33 bits per heavy atom. The minimum Gasteiger partial charge on any atom is -0.496 e. The van der Waals surface area contributed by atoms with Crippen molar-refractivity contribution in [3.63, 3.8) is 0 Å². The first kappa shape index (κ1) is 22.5. The molecule has 2 aromatic rings. The van der Waals surface area contributed by atoms with E-state index in [1.54, 1.807) is 42.1 Å². The molecule has 1 aliphatic heterocycles. The molecule has 0 aromatic heterocycles. The number of carbonyl (C=O) groups is 2. The quantitative estimate of drug-likeness (QED) is 0.592. The number of nitrogens with zero attached hydrogens (tertiary/aromatic N) is 2. The Bertz CT molecular complexity index is 973. The van der Waals surface area contributed by atoms with Crippen LogP contribution in [0.4, 0.5) is 0 Å². The summed E-state index contributed by atoms with van der Waals surface area (Å²) in [5.74, 6) is 0.692. The lowest BCUT2D eigenvalue weighted by atomic mass is 10.2. The van der Waals surface area contributed by atoms with Gasteiger partial charge in [-0.1, -0.05) is 41.0 Å². The van der Waals surface area contributed by atoms with E-state index in [0.717, 1.165) is 21.1 Å². The van der Waals surface area contributed by atoms with Gasteiger partial charge in [-0.15, -0.1) is 0 Å². The number of ether oxygens (including phenoxy) is 1. The number of benzene rings is 2.